The van der Waals surface area contributed by atoms with E-state index in [9.17, 15) is 0 Å². The normalized spacial score (nSPS) is 21.6. The number of hydrogen-bond donors (Lipinski definition) is 1. The Hall–Kier alpha value is -0.840. The van der Waals surface area contributed by atoms with Gasteiger partial charge >= 0.3 is 0 Å². The minimum atomic E-state index is 0.437. The summed E-state index contributed by atoms with van der Waals surface area (Å²) in [5.41, 5.74) is 4.45. The van der Waals surface area contributed by atoms with Gasteiger partial charge in [0.05, 0.1) is 7.11 Å². The van der Waals surface area contributed by atoms with Gasteiger partial charge in [-0.3, -0.25) is 5.43 Å². The Labute approximate surface area is 113 Å². The summed E-state index contributed by atoms with van der Waals surface area (Å²) in [5, 5.41) is 2.70. The SMILES string of the molecule is CNN1CCC[C@@H](c2cnc(Cl)c(OC)c2)CC1. The van der Waals surface area contributed by atoms with Crippen LogP contribution in [0.2, 0.25) is 5.15 Å². The lowest BCUT2D eigenvalue weighted by atomic mass is 9.93. The summed E-state index contributed by atoms with van der Waals surface area (Å²) < 4.78 is 5.23. The molecule has 1 fully saturated rings. The van der Waals surface area contributed by atoms with E-state index >= 15 is 0 Å². The molecule has 0 amide bonds. The molecule has 100 valence electrons. The second-order valence-corrected chi connectivity index (χ2v) is 4.96. The second kappa shape index (κ2) is 6.36. The molecule has 1 atom stereocenters. The smallest absolute Gasteiger partial charge is 0.171 e. The maximum absolute atomic E-state index is 5.96. The Bertz CT molecular complexity index is 400. The number of pyridine rings is 1. The van der Waals surface area contributed by atoms with Crippen LogP contribution in [0.3, 0.4) is 0 Å². The average Bonchev–Trinajstić information content (AvgIpc) is 2.64. The van der Waals surface area contributed by atoms with E-state index in [0.29, 0.717) is 16.8 Å². The summed E-state index contributed by atoms with van der Waals surface area (Å²) in [5.74, 6) is 1.21. The van der Waals surface area contributed by atoms with Crippen molar-refractivity contribution >= 4 is 11.6 Å². The second-order valence-electron chi connectivity index (χ2n) is 4.60. The van der Waals surface area contributed by atoms with Crippen molar-refractivity contribution in [1.82, 2.24) is 15.4 Å². The Morgan fingerprint density at radius 3 is 3.00 bits per heavy atom. The molecule has 18 heavy (non-hydrogen) atoms. The lowest BCUT2D eigenvalue weighted by Gasteiger charge is -2.18. The first-order valence-electron chi connectivity index (χ1n) is 6.36. The number of rotatable bonds is 3. The number of methoxy groups -OCH3 is 1. The van der Waals surface area contributed by atoms with Crippen LogP contribution in [0.25, 0.3) is 0 Å². The molecule has 1 aromatic rings. The molecule has 0 unspecified atom stereocenters. The Kier molecular flexibility index (Phi) is 4.80. The van der Waals surface area contributed by atoms with Gasteiger partial charge in [0, 0.05) is 19.3 Å². The van der Waals surface area contributed by atoms with Gasteiger partial charge in [-0.1, -0.05) is 11.6 Å². The minimum Gasteiger partial charge on any atom is -0.494 e. The molecule has 1 aliphatic heterocycles. The number of hydrazine groups is 1. The third-order valence-electron chi connectivity index (χ3n) is 3.56. The lowest BCUT2D eigenvalue weighted by molar-refractivity contribution is 0.216. The number of halogens is 1. The summed E-state index contributed by atoms with van der Waals surface area (Å²) in [7, 11) is 3.61. The highest BCUT2D eigenvalue weighted by molar-refractivity contribution is 6.30. The number of hydrogen-bond acceptors (Lipinski definition) is 4. The fourth-order valence-electron chi connectivity index (χ4n) is 2.46. The molecule has 1 aromatic heterocycles. The van der Waals surface area contributed by atoms with E-state index in [0.717, 1.165) is 19.5 Å². The van der Waals surface area contributed by atoms with E-state index in [-0.39, 0.29) is 0 Å². The highest BCUT2D eigenvalue weighted by atomic mass is 35.5. The summed E-state index contributed by atoms with van der Waals surface area (Å²) >= 11 is 5.96. The van der Waals surface area contributed by atoms with Gasteiger partial charge in [-0.15, -0.1) is 0 Å². The van der Waals surface area contributed by atoms with Gasteiger partial charge in [0.25, 0.3) is 0 Å². The summed E-state index contributed by atoms with van der Waals surface area (Å²) in [4.78, 5) is 4.21. The molecule has 4 nitrogen and oxygen atoms in total. The third kappa shape index (κ3) is 3.13. The third-order valence-corrected chi connectivity index (χ3v) is 3.85. The topological polar surface area (TPSA) is 37.4 Å². The summed E-state index contributed by atoms with van der Waals surface area (Å²) in [6.45, 7) is 2.16. The highest BCUT2D eigenvalue weighted by Crippen LogP contribution is 2.31. The molecule has 0 spiro atoms. The molecule has 0 aliphatic carbocycles. The number of aromatic nitrogens is 1. The van der Waals surface area contributed by atoms with E-state index in [1.54, 1.807) is 7.11 Å². The summed E-state index contributed by atoms with van der Waals surface area (Å²) in [6.07, 6.45) is 5.39. The fraction of sp³-hybridized carbons (Fsp3) is 0.615. The molecule has 1 aliphatic rings. The Morgan fingerprint density at radius 2 is 2.28 bits per heavy atom. The molecular weight excluding hydrogens is 250 g/mol. The number of nitrogens with one attached hydrogen (secondary N) is 1. The van der Waals surface area contributed by atoms with Gasteiger partial charge < -0.3 is 4.74 Å². The minimum absolute atomic E-state index is 0.437. The van der Waals surface area contributed by atoms with Gasteiger partial charge in [-0.25, -0.2) is 9.99 Å². The number of ether oxygens (including phenoxy) is 1. The van der Waals surface area contributed by atoms with Crippen molar-refractivity contribution in [3.05, 3.63) is 23.0 Å². The van der Waals surface area contributed by atoms with E-state index < -0.39 is 0 Å². The molecular formula is C13H20ClN3O. The predicted molar refractivity (Wildman–Crippen MR) is 73.0 cm³/mol. The van der Waals surface area contributed by atoms with Gasteiger partial charge in [0.1, 0.15) is 0 Å². The van der Waals surface area contributed by atoms with Crippen molar-refractivity contribution in [3.63, 3.8) is 0 Å². The van der Waals surface area contributed by atoms with Gasteiger partial charge in [-0.05, 0) is 43.9 Å². The Morgan fingerprint density at radius 1 is 1.44 bits per heavy atom. The first-order chi connectivity index (χ1) is 8.74. The number of nitrogens with zero attached hydrogens (tertiary/aromatic N) is 2. The molecule has 1 saturated heterocycles. The zero-order valence-corrected chi connectivity index (χ0v) is 11.7. The van der Waals surface area contributed by atoms with Crippen LogP contribution in [0.15, 0.2) is 12.3 Å². The van der Waals surface area contributed by atoms with Crippen molar-refractivity contribution in [3.8, 4) is 5.75 Å². The molecule has 2 heterocycles. The fourth-order valence-corrected chi connectivity index (χ4v) is 2.64. The van der Waals surface area contributed by atoms with Gasteiger partial charge in [0.15, 0.2) is 10.9 Å². The summed E-state index contributed by atoms with van der Waals surface area (Å²) in [6, 6.07) is 2.02. The van der Waals surface area contributed by atoms with Crippen molar-refractivity contribution in [2.75, 3.05) is 27.2 Å². The molecule has 0 aromatic carbocycles. The molecule has 5 heteroatoms. The van der Waals surface area contributed by atoms with Crippen LogP contribution >= 0.6 is 11.6 Å². The molecule has 0 saturated carbocycles. The van der Waals surface area contributed by atoms with E-state index in [4.69, 9.17) is 16.3 Å². The molecule has 0 radical (unpaired) electrons. The van der Waals surface area contributed by atoms with Crippen LogP contribution in [0.4, 0.5) is 0 Å². The van der Waals surface area contributed by atoms with Crippen LogP contribution in [0.1, 0.15) is 30.7 Å². The van der Waals surface area contributed by atoms with Crippen LogP contribution in [0, 0.1) is 0 Å². The van der Waals surface area contributed by atoms with Crippen molar-refractivity contribution < 1.29 is 4.74 Å². The van der Waals surface area contributed by atoms with E-state index in [1.165, 1.54) is 18.4 Å². The first-order valence-corrected chi connectivity index (χ1v) is 6.74. The monoisotopic (exact) mass is 269 g/mol. The first kappa shape index (κ1) is 13.6. The van der Waals surface area contributed by atoms with Crippen LogP contribution < -0.4 is 10.2 Å². The standard InChI is InChI=1S/C13H20ClN3O/c1-15-17-6-3-4-10(5-7-17)11-8-12(18-2)13(14)16-9-11/h8-10,15H,3-7H2,1-2H3/t10-/m1/s1. The average molecular weight is 270 g/mol. The highest BCUT2D eigenvalue weighted by Gasteiger charge is 2.19. The van der Waals surface area contributed by atoms with Crippen molar-refractivity contribution in [2.24, 2.45) is 0 Å². The zero-order valence-electron chi connectivity index (χ0n) is 10.9. The molecule has 1 N–H and O–H groups in total. The van der Waals surface area contributed by atoms with E-state index in [1.807, 2.05) is 19.3 Å². The quantitative estimate of drug-likeness (QED) is 0.856. The van der Waals surface area contributed by atoms with Crippen molar-refractivity contribution in [2.45, 2.75) is 25.2 Å². The van der Waals surface area contributed by atoms with Gasteiger partial charge in [-0.2, -0.15) is 0 Å². The van der Waals surface area contributed by atoms with Gasteiger partial charge in [0.2, 0.25) is 0 Å². The Balaban J connectivity index is 2.11. The van der Waals surface area contributed by atoms with Crippen molar-refractivity contribution in [1.29, 1.82) is 0 Å². The maximum Gasteiger partial charge on any atom is 0.171 e. The van der Waals surface area contributed by atoms with Crippen LogP contribution in [-0.4, -0.2) is 37.2 Å². The van der Waals surface area contributed by atoms with E-state index in [2.05, 4.69) is 15.4 Å². The van der Waals surface area contributed by atoms with Crippen LogP contribution in [-0.2, 0) is 0 Å². The molecule has 2 rings (SSSR count). The van der Waals surface area contributed by atoms with Crippen LogP contribution in [0.5, 0.6) is 5.75 Å². The largest absolute Gasteiger partial charge is 0.494 e. The molecule has 0 bridgehead atoms. The zero-order chi connectivity index (χ0) is 13.0. The predicted octanol–water partition coefficient (Wildman–Crippen LogP) is 2.45. The maximum atomic E-state index is 5.96. The lowest BCUT2D eigenvalue weighted by Crippen LogP contribution is -2.35.